The molecule has 1 spiro atoms. The number of aliphatic hydroxyl groups is 1. The van der Waals surface area contributed by atoms with E-state index in [1.54, 1.807) is 11.0 Å². The number of fused-ring (bicyclic) bond motifs is 2. The molecular formula is C30H34N2O6. The van der Waals surface area contributed by atoms with E-state index < -0.39 is 41.6 Å². The quantitative estimate of drug-likeness (QED) is 0.383. The lowest BCUT2D eigenvalue weighted by molar-refractivity contribution is -0.154. The average Bonchev–Trinajstić information content (AvgIpc) is 3.58. The summed E-state index contributed by atoms with van der Waals surface area (Å²) in [5, 5.41) is 12.2. The van der Waals surface area contributed by atoms with Crippen molar-refractivity contribution >= 4 is 34.2 Å². The second kappa shape index (κ2) is 10.3. The highest BCUT2D eigenvalue weighted by molar-refractivity contribution is 6.05. The topological polar surface area (TPSA) is 96.4 Å². The van der Waals surface area contributed by atoms with Crippen molar-refractivity contribution in [1.29, 1.82) is 0 Å². The Hall–Kier alpha value is -3.49. The molecule has 2 bridgehead atoms. The number of carbonyl (C=O) groups is 3. The zero-order valence-corrected chi connectivity index (χ0v) is 21.6. The highest BCUT2D eigenvalue weighted by atomic mass is 16.6. The van der Waals surface area contributed by atoms with Crippen LogP contribution in [0, 0.1) is 11.8 Å². The first-order chi connectivity index (χ1) is 18.4. The lowest BCUT2D eigenvalue weighted by Gasteiger charge is -2.39. The van der Waals surface area contributed by atoms with Crippen LogP contribution in [0.5, 0.6) is 0 Å². The molecule has 3 fully saturated rings. The molecular weight excluding hydrogens is 484 g/mol. The highest BCUT2D eigenvalue weighted by Crippen LogP contribution is 2.59. The van der Waals surface area contributed by atoms with E-state index in [-0.39, 0.29) is 31.6 Å². The van der Waals surface area contributed by atoms with E-state index in [1.165, 1.54) is 11.0 Å². The predicted octanol–water partition coefficient (Wildman–Crippen LogP) is 3.23. The van der Waals surface area contributed by atoms with Crippen LogP contribution in [0.15, 0.2) is 67.8 Å². The second-order valence-corrected chi connectivity index (χ2v) is 10.2. The van der Waals surface area contributed by atoms with Crippen LogP contribution in [-0.2, 0) is 23.9 Å². The molecule has 5 rings (SSSR count). The number of esters is 1. The number of hydrogen-bond donors (Lipinski definition) is 1. The Bertz CT molecular complexity index is 1270. The molecule has 3 heterocycles. The normalized spacial score (nSPS) is 28.3. The molecule has 8 heteroatoms. The first-order valence-electron chi connectivity index (χ1n) is 13.2. The number of carbonyl (C=O) groups excluding carboxylic acids is 3. The van der Waals surface area contributed by atoms with Crippen LogP contribution in [0.25, 0.3) is 10.8 Å². The monoisotopic (exact) mass is 518 g/mol. The van der Waals surface area contributed by atoms with Gasteiger partial charge in [0.1, 0.15) is 18.2 Å². The molecule has 2 aromatic rings. The molecule has 0 aliphatic carbocycles. The van der Waals surface area contributed by atoms with Crippen LogP contribution in [0.3, 0.4) is 0 Å². The summed E-state index contributed by atoms with van der Waals surface area (Å²) in [6.07, 6.45) is 4.08. The van der Waals surface area contributed by atoms with Gasteiger partial charge in [-0.1, -0.05) is 56.0 Å². The van der Waals surface area contributed by atoms with Gasteiger partial charge in [-0.3, -0.25) is 14.4 Å². The Balaban J connectivity index is 1.59. The molecule has 3 saturated heterocycles. The number of rotatable bonds is 10. The summed E-state index contributed by atoms with van der Waals surface area (Å²) in [7, 11) is 0. The van der Waals surface area contributed by atoms with Gasteiger partial charge in [0.2, 0.25) is 5.91 Å². The van der Waals surface area contributed by atoms with Gasteiger partial charge in [-0.2, -0.15) is 0 Å². The summed E-state index contributed by atoms with van der Waals surface area (Å²) in [5.74, 6) is -2.83. The largest absolute Gasteiger partial charge is 0.461 e. The lowest BCUT2D eigenvalue weighted by Crippen LogP contribution is -2.59. The summed E-state index contributed by atoms with van der Waals surface area (Å²) in [6.45, 7) is 9.27. The first-order valence-corrected chi connectivity index (χ1v) is 13.2. The van der Waals surface area contributed by atoms with Gasteiger partial charge in [0, 0.05) is 12.2 Å². The maximum absolute atomic E-state index is 14.5. The number of aliphatic hydroxyl groups excluding tert-OH is 1. The summed E-state index contributed by atoms with van der Waals surface area (Å²) in [4.78, 5) is 44.8. The van der Waals surface area contributed by atoms with Crippen LogP contribution in [0.1, 0.15) is 26.2 Å². The standard InChI is InChI=1S/C30H34N2O6/c1-4-15-31(22-12-11-19-9-7-8-10-20(19)17-22)28(35)26-30-14-13-23(38-30)24(29(36)37-16-5-2)25(30)27(34)32(26)21(6-3)18-33/h4-5,7-12,17,21,23-26,33H,1-2,6,13-16,18H2,3H3/t21-,23+,24-,25-,26?,30?/m0/s1. The molecule has 0 radical (unpaired) electrons. The molecule has 1 N–H and O–H groups in total. The third kappa shape index (κ3) is 3.94. The Kier molecular flexibility index (Phi) is 7.11. The summed E-state index contributed by atoms with van der Waals surface area (Å²) < 4.78 is 11.8. The molecule has 0 saturated carbocycles. The number of likely N-dealkylation sites (tertiary alicyclic amines) is 1. The van der Waals surface area contributed by atoms with E-state index in [0.29, 0.717) is 24.9 Å². The number of benzene rings is 2. The van der Waals surface area contributed by atoms with Gasteiger partial charge in [0.25, 0.3) is 5.91 Å². The Morgan fingerprint density at radius 1 is 1.24 bits per heavy atom. The number of hydrogen-bond acceptors (Lipinski definition) is 6. The van der Waals surface area contributed by atoms with Gasteiger partial charge in [-0.15, -0.1) is 6.58 Å². The van der Waals surface area contributed by atoms with Gasteiger partial charge < -0.3 is 24.4 Å². The van der Waals surface area contributed by atoms with Crippen molar-refractivity contribution in [2.45, 2.75) is 50.0 Å². The van der Waals surface area contributed by atoms with Crippen molar-refractivity contribution in [1.82, 2.24) is 4.90 Å². The van der Waals surface area contributed by atoms with E-state index in [9.17, 15) is 19.5 Å². The smallest absolute Gasteiger partial charge is 0.312 e. The first kappa shape index (κ1) is 26.1. The van der Waals surface area contributed by atoms with Crippen molar-refractivity contribution in [3.8, 4) is 0 Å². The maximum Gasteiger partial charge on any atom is 0.312 e. The van der Waals surface area contributed by atoms with Crippen molar-refractivity contribution in [3.63, 3.8) is 0 Å². The Morgan fingerprint density at radius 3 is 2.68 bits per heavy atom. The molecule has 8 nitrogen and oxygen atoms in total. The second-order valence-electron chi connectivity index (χ2n) is 10.2. The number of anilines is 1. The predicted molar refractivity (Wildman–Crippen MR) is 143 cm³/mol. The fourth-order valence-electron chi connectivity index (χ4n) is 6.63. The van der Waals surface area contributed by atoms with Crippen LogP contribution in [0.2, 0.25) is 0 Å². The van der Waals surface area contributed by atoms with Crippen LogP contribution in [0.4, 0.5) is 5.69 Å². The summed E-state index contributed by atoms with van der Waals surface area (Å²) in [6, 6.07) is 12.1. The molecule has 2 aromatic carbocycles. The minimum Gasteiger partial charge on any atom is -0.461 e. The third-order valence-electron chi connectivity index (χ3n) is 8.29. The Labute approximate surface area is 222 Å². The molecule has 2 amide bonds. The van der Waals surface area contributed by atoms with E-state index in [4.69, 9.17) is 9.47 Å². The number of ether oxygens (including phenoxy) is 2. The summed E-state index contributed by atoms with van der Waals surface area (Å²) >= 11 is 0. The van der Waals surface area contributed by atoms with Crippen molar-refractivity contribution in [2.24, 2.45) is 11.8 Å². The minimum absolute atomic E-state index is 0.0331. The maximum atomic E-state index is 14.5. The SMILES string of the molecule is C=CCOC(=O)[C@@H]1[C@H]2C(=O)N([C@@H](CC)CO)C(C(=O)N(CC=C)c3ccc4ccccc4c3)C23CC[C@H]1O3. The fourth-order valence-corrected chi connectivity index (χ4v) is 6.63. The van der Waals surface area contributed by atoms with Crippen molar-refractivity contribution in [2.75, 3.05) is 24.7 Å². The minimum atomic E-state index is -1.17. The highest BCUT2D eigenvalue weighted by Gasteiger charge is 2.75. The van der Waals surface area contributed by atoms with Gasteiger partial charge >= 0.3 is 5.97 Å². The van der Waals surface area contributed by atoms with Crippen LogP contribution in [-0.4, -0.2) is 71.3 Å². The van der Waals surface area contributed by atoms with E-state index in [1.807, 2.05) is 49.4 Å². The zero-order chi connectivity index (χ0) is 27.0. The van der Waals surface area contributed by atoms with Gasteiger partial charge in [0.15, 0.2) is 0 Å². The van der Waals surface area contributed by atoms with Gasteiger partial charge in [-0.25, -0.2) is 0 Å². The van der Waals surface area contributed by atoms with Crippen LogP contribution < -0.4 is 4.90 Å². The molecule has 0 aromatic heterocycles. The van der Waals surface area contributed by atoms with E-state index in [0.717, 1.165) is 10.8 Å². The Morgan fingerprint density at radius 2 is 2.00 bits per heavy atom. The molecule has 6 atom stereocenters. The van der Waals surface area contributed by atoms with Gasteiger partial charge in [-0.05, 0) is 42.2 Å². The van der Waals surface area contributed by atoms with Gasteiger partial charge in [0.05, 0.1) is 30.6 Å². The summed E-state index contributed by atoms with van der Waals surface area (Å²) in [5.41, 5.74) is -0.498. The molecule has 38 heavy (non-hydrogen) atoms. The van der Waals surface area contributed by atoms with Crippen molar-refractivity contribution < 1.29 is 29.0 Å². The molecule has 3 aliphatic rings. The molecule has 3 aliphatic heterocycles. The zero-order valence-electron chi connectivity index (χ0n) is 21.6. The number of nitrogens with zero attached hydrogens (tertiary/aromatic N) is 2. The molecule has 2 unspecified atom stereocenters. The fraction of sp³-hybridized carbons (Fsp3) is 0.433. The van der Waals surface area contributed by atoms with E-state index in [2.05, 4.69) is 13.2 Å². The molecule has 200 valence electrons. The third-order valence-corrected chi connectivity index (χ3v) is 8.29. The number of amides is 2. The van der Waals surface area contributed by atoms with Crippen LogP contribution >= 0.6 is 0 Å². The lowest BCUT2D eigenvalue weighted by atomic mass is 9.70. The van der Waals surface area contributed by atoms with Crippen molar-refractivity contribution in [3.05, 3.63) is 67.8 Å². The average molecular weight is 519 g/mol. The van der Waals surface area contributed by atoms with E-state index >= 15 is 0 Å².